The van der Waals surface area contributed by atoms with Gasteiger partial charge in [-0.1, -0.05) is 29.3 Å². The van der Waals surface area contributed by atoms with Crippen LogP contribution in [0.4, 0.5) is 5.69 Å². The lowest BCUT2D eigenvalue weighted by molar-refractivity contribution is 0.0954. The molecule has 0 aliphatic rings. The number of anilines is 1. The Balaban J connectivity index is 2.05. The average Bonchev–Trinajstić information content (AvgIpc) is 3.10. The minimum Gasteiger partial charge on any atom is -0.326 e. The molecule has 0 unspecified atom stereocenters. The Kier molecular flexibility index (Phi) is 5.96. The number of amides is 2. The fourth-order valence-electron chi connectivity index (χ4n) is 2.71. The topological polar surface area (TPSA) is 128 Å². The van der Waals surface area contributed by atoms with Gasteiger partial charge in [0.15, 0.2) is 0 Å². The third-order valence-electron chi connectivity index (χ3n) is 3.96. The van der Waals surface area contributed by atoms with E-state index < -0.39 is 11.8 Å². The normalized spacial score (nSPS) is 10.6. The monoisotopic (exact) mass is 418 g/mol. The summed E-state index contributed by atoms with van der Waals surface area (Å²) in [6.45, 7) is 0.0447. The maximum atomic E-state index is 13.0. The van der Waals surface area contributed by atoms with Gasteiger partial charge >= 0.3 is 0 Å². The fourth-order valence-corrected chi connectivity index (χ4v) is 3.20. The Hall–Kier alpha value is -2.91. The summed E-state index contributed by atoms with van der Waals surface area (Å²) in [5.41, 5.74) is 8.79. The summed E-state index contributed by atoms with van der Waals surface area (Å²) in [4.78, 5) is 29.3. The molecule has 2 heterocycles. The van der Waals surface area contributed by atoms with Crippen LogP contribution in [0.3, 0.4) is 0 Å². The van der Waals surface area contributed by atoms with Crippen LogP contribution in [0, 0.1) is 0 Å². The van der Waals surface area contributed by atoms with Crippen LogP contribution in [0.25, 0.3) is 5.82 Å². The predicted molar refractivity (Wildman–Crippen MR) is 108 cm³/mol. The number of benzene rings is 1. The van der Waals surface area contributed by atoms with Gasteiger partial charge < -0.3 is 11.1 Å². The van der Waals surface area contributed by atoms with Gasteiger partial charge in [0.05, 0.1) is 11.3 Å². The molecular weight excluding hydrogens is 403 g/mol. The minimum atomic E-state index is -0.620. The largest absolute Gasteiger partial charge is 0.326 e. The van der Waals surface area contributed by atoms with Crippen LogP contribution in [-0.4, -0.2) is 21.4 Å². The quantitative estimate of drug-likeness (QED) is 0.287. The van der Waals surface area contributed by atoms with E-state index in [1.807, 2.05) is 5.43 Å². The molecule has 0 saturated carbocycles. The summed E-state index contributed by atoms with van der Waals surface area (Å²) in [7, 11) is 0. The summed E-state index contributed by atoms with van der Waals surface area (Å²) >= 11 is 12.3. The lowest BCUT2D eigenvalue weighted by Crippen LogP contribution is -2.31. The third-order valence-corrected chi connectivity index (χ3v) is 4.48. The van der Waals surface area contributed by atoms with Crippen molar-refractivity contribution in [1.29, 1.82) is 0 Å². The van der Waals surface area contributed by atoms with Gasteiger partial charge in [0.1, 0.15) is 16.7 Å². The molecule has 0 saturated heterocycles. The van der Waals surface area contributed by atoms with E-state index in [9.17, 15) is 9.59 Å². The van der Waals surface area contributed by atoms with Crippen LogP contribution in [0.2, 0.25) is 10.2 Å². The number of carbonyl (C=O) groups excluding carboxylic acids is 2. The number of rotatable bonds is 5. The molecular formula is C18H16Cl2N6O2. The van der Waals surface area contributed by atoms with Gasteiger partial charge in [0.2, 0.25) is 0 Å². The van der Waals surface area contributed by atoms with Gasteiger partial charge in [0.25, 0.3) is 11.8 Å². The van der Waals surface area contributed by atoms with E-state index in [1.165, 1.54) is 10.6 Å². The third kappa shape index (κ3) is 3.85. The van der Waals surface area contributed by atoms with Crippen molar-refractivity contribution >= 4 is 40.7 Å². The van der Waals surface area contributed by atoms with Crippen molar-refractivity contribution in [2.24, 2.45) is 11.6 Å². The second kappa shape index (κ2) is 8.41. The Morgan fingerprint density at radius 1 is 1.11 bits per heavy atom. The van der Waals surface area contributed by atoms with E-state index in [-0.39, 0.29) is 28.5 Å². The van der Waals surface area contributed by atoms with Gasteiger partial charge in [-0.25, -0.2) is 10.8 Å². The Bertz CT molecular complexity index is 1040. The molecule has 2 aromatic heterocycles. The highest BCUT2D eigenvalue weighted by Crippen LogP contribution is 2.28. The highest BCUT2D eigenvalue weighted by atomic mass is 35.5. The first-order valence-corrected chi connectivity index (χ1v) is 8.85. The Morgan fingerprint density at radius 2 is 1.89 bits per heavy atom. The number of nitrogens with two attached hydrogens (primary N) is 2. The zero-order chi connectivity index (χ0) is 20.3. The highest BCUT2D eigenvalue weighted by molar-refractivity contribution is 6.31. The van der Waals surface area contributed by atoms with Gasteiger partial charge in [0, 0.05) is 17.8 Å². The van der Waals surface area contributed by atoms with Gasteiger partial charge in [-0.2, -0.15) is 0 Å². The molecule has 3 rings (SSSR count). The number of nitrogen functional groups attached to an aromatic ring is 1. The molecule has 28 heavy (non-hydrogen) atoms. The Morgan fingerprint density at radius 3 is 2.54 bits per heavy atom. The van der Waals surface area contributed by atoms with Crippen molar-refractivity contribution in [3.63, 3.8) is 0 Å². The van der Waals surface area contributed by atoms with Crippen LogP contribution in [-0.2, 0) is 6.54 Å². The van der Waals surface area contributed by atoms with E-state index in [2.05, 4.69) is 10.3 Å². The molecule has 6 N–H and O–H groups in total. The van der Waals surface area contributed by atoms with Crippen LogP contribution in [0.1, 0.15) is 26.4 Å². The van der Waals surface area contributed by atoms with E-state index >= 15 is 0 Å². The summed E-state index contributed by atoms with van der Waals surface area (Å²) in [5, 5.41) is 3.30. The van der Waals surface area contributed by atoms with Crippen LogP contribution in [0.5, 0.6) is 0 Å². The first-order chi connectivity index (χ1) is 13.5. The molecule has 0 bridgehead atoms. The summed E-state index contributed by atoms with van der Waals surface area (Å²) in [6, 6.07) is 11.3. The molecule has 1 aromatic carbocycles. The molecule has 0 aliphatic carbocycles. The second-order valence-electron chi connectivity index (χ2n) is 5.68. The van der Waals surface area contributed by atoms with Crippen molar-refractivity contribution in [2.75, 3.05) is 5.32 Å². The van der Waals surface area contributed by atoms with Crippen LogP contribution >= 0.6 is 23.2 Å². The number of nitrogens with one attached hydrogen (secondary N) is 2. The maximum absolute atomic E-state index is 13.0. The maximum Gasteiger partial charge on any atom is 0.272 e. The number of hydrogen-bond donors (Lipinski definition) is 4. The summed E-state index contributed by atoms with van der Waals surface area (Å²) < 4.78 is 1.48. The van der Waals surface area contributed by atoms with E-state index in [4.69, 9.17) is 34.8 Å². The molecule has 0 spiro atoms. The molecule has 10 heteroatoms. The number of halogens is 2. The second-order valence-corrected chi connectivity index (χ2v) is 6.51. The number of hydrazine groups is 1. The van der Waals surface area contributed by atoms with Crippen molar-refractivity contribution < 1.29 is 9.59 Å². The predicted octanol–water partition coefficient (Wildman–Crippen LogP) is 2.49. The van der Waals surface area contributed by atoms with Gasteiger partial charge in [-0.05, 0) is 42.0 Å². The van der Waals surface area contributed by atoms with E-state index in [0.717, 1.165) is 0 Å². The van der Waals surface area contributed by atoms with Crippen LogP contribution < -0.4 is 22.3 Å². The number of nitrogens with zero attached hydrogens (tertiary/aromatic N) is 2. The molecule has 0 aliphatic heterocycles. The first-order valence-electron chi connectivity index (χ1n) is 8.09. The standard InChI is InChI=1S/C18H16Cl2N6O2/c19-11-7-10(9-21)16(12(8-11)17(27)25-22)24-18(28)13-4-5-14(20)26(13)15-3-1-2-6-23-15/h1-8H,9,21-22H2,(H,24,28)(H,25,27). The van der Waals surface area contributed by atoms with Crippen molar-refractivity contribution in [1.82, 2.24) is 15.0 Å². The highest BCUT2D eigenvalue weighted by Gasteiger charge is 2.21. The zero-order valence-corrected chi connectivity index (χ0v) is 16.0. The lowest BCUT2D eigenvalue weighted by atomic mass is 10.1. The molecule has 2 amide bonds. The summed E-state index contributed by atoms with van der Waals surface area (Å²) in [5.74, 6) is 4.58. The molecule has 3 aromatic rings. The van der Waals surface area contributed by atoms with E-state index in [0.29, 0.717) is 16.5 Å². The molecule has 0 atom stereocenters. The lowest BCUT2D eigenvalue weighted by Gasteiger charge is -2.16. The van der Waals surface area contributed by atoms with Crippen molar-refractivity contribution in [3.8, 4) is 5.82 Å². The summed E-state index contributed by atoms with van der Waals surface area (Å²) in [6.07, 6.45) is 1.59. The SMILES string of the molecule is NCc1cc(Cl)cc(C(=O)NN)c1NC(=O)c1ccc(Cl)n1-c1ccccn1. The van der Waals surface area contributed by atoms with Crippen molar-refractivity contribution in [3.05, 3.63) is 75.7 Å². The zero-order valence-electron chi connectivity index (χ0n) is 14.4. The average molecular weight is 419 g/mol. The number of carbonyl (C=O) groups is 2. The molecule has 0 radical (unpaired) electrons. The first kappa shape index (κ1) is 19.8. The van der Waals surface area contributed by atoms with Crippen molar-refractivity contribution in [2.45, 2.75) is 6.54 Å². The number of pyridine rings is 1. The number of hydrogen-bond acceptors (Lipinski definition) is 5. The fraction of sp³-hybridized carbons (Fsp3) is 0.0556. The molecule has 0 fully saturated rings. The molecule has 8 nitrogen and oxygen atoms in total. The van der Waals surface area contributed by atoms with Crippen LogP contribution in [0.15, 0.2) is 48.7 Å². The van der Waals surface area contributed by atoms with Gasteiger partial charge in [-0.15, -0.1) is 0 Å². The van der Waals surface area contributed by atoms with E-state index in [1.54, 1.807) is 42.6 Å². The number of aromatic nitrogens is 2. The Labute approximate surface area is 170 Å². The van der Waals surface area contributed by atoms with Gasteiger partial charge in [-0.3, -0.25) is 19.6 Å². The smallest absolute Gasteiger partial charge is 0.272 e. The minimum absolute atomic E-state index is 0.0447. The molecule has 144 valence electrons.